The number of halogens is 2. The van der Waals surface area contributed by atoms with Gasteiger partial charge in [-0.15, -0.1) is 0 Å². The summed E-state index contributed by atoms with van der Waals surface area (Å²) in [5.74, 6) is 1.04. The van der Waals surface area contributed by atoms with Crippen LogP contribution in [0.15, 0.2) is 36.7 Å². The Balaban J connectivity index is 1.56. The molecule has 0 spiro atoms. The molecule has 0 radical (unpaired) electrons. The number of aromatic nitrogens is 2. The van der Waals surface area contributed by atoms with Gasteiger partial charge in [0.05, 0.1) is 12.7 Å². The summed E-state index contributed by atoms with van der Waals surface area (Å²) in [6, 6.07) is 6.48. The van der Waals surface area contributed by atoms with Crippen LogP contribution in [-0.2, 0) is 0 Å². The van der Waals surface area contributed by atoms with Crippen LogP contribution < -0.4 is 14.8 Å². The Morgan fingerprint density at radius 1 is 1.20 bits per heavy atom. The molecule has 0 bridgehead atoms. The highest BCUT2D eigenvalue weighted by Gasteiger charge is 2.29. The van der Waals surface area contributed by atoms with Gasteiger partial charge in [0.2, 0.25) is 5.88 Å². The zero-order valence-corrected chi connectivity index (χ0v) is 17.2. The van der Waals surface area contributed by atoms with E-state index in [0.717, 1.165) is 37.8 Å². The first-order chi connectivity index (χ1) is 14.5. The van der Waals surface area contributed by atoms with Gasteiger partial charge < -0.3 is 14.8 Å². The topological polar surface area (TPSA) is 73.3 Å². The predicted octanol–water partition coefficient (Wildman–Crippen LogP) is 4.57. The van der Waals surface area contributed by atoms with E-state index in [1.807, 2.05) is 0 Å². The minimum Gasteiger partial charge on any atom is -0.481 e. The molecule has 162 valence electrons. The fourth-order valence-corrected chi connectivity index (χ4v) is 4.09. The highest BCUT2D eigenvalue weighted by Crippen LogP contribution is 2.37. The Bertz CT molecular complexity index is 825. The van der Waals surface area contributed by atoms with Gasteiger partial charge in [0, 0.05) is 42.2 Å². The minimum absolute atomic E-state index is 0.0713. The number of amides is 1. The van der Waals surface area contributed by atoms with E-state index in [0.29, 0.717) is 17.4 Å². The number of hydrogen-bond acceptors (Lipinski definition) is 5. The lowest BCUT2D eigenvalue weighted by Crippen LogP contribution is -2.41. The van der Waals surface area contributed by atoms with Gasteiger partial charge in [-0.2, -0.15) is 8.78 Å². The summed E-state index contributed by atoms with van der Waals surface area (Å²) in [6.45, 7) is -0.776. The van der Waals surface area contributed by atoms with Crippen molar-refractivity contribution in [2.45, 2.75) is 57.6 Å². The number of carbonyl (C=O) groups excluding carboxylic acids is 1. The van der Waals surface area contributed by atoms with Gasteiger partial charge in [-0.1, -0.05) is 6.92 Å². The lowest BCUT2D eigenvalue weighted by atomic mass is 9.76. The van der Waals surface area contributed by atoms with Crippen molar-refractivity contribution in [3.63, 3.8) is 0 Å². The van der Waals surface area contributed by atoms with E-state index in [9.17, 15) is 13.6 Å². The number of rotatable bonds is 8. The second-order valence-corrected chi connectivity index (χ2v) is 7.48. The zero-order chi connectivity index (χ0) is 21.5. The number of nitrogens with zero attached hydrogens (tertiary/aromatic N) is 2. The maximum absolute atomic E-state index is 12.6. The summed E-state index contributed by atoms with van der Waals surface area (Å²) in [7, 11) is 1.53. The van der Waals surface area contributed by atoms with Crippen molar-refractivity contribution in [3.05, 3.63) is 47.9 Å². The van der Waals surface area contributed by atoms with Crippen molar-refractivity contribution < 1.29 is 23.0 Å². The standard InChI is InChI=1S/C22H27F2N3O3/c1-3-18(27-21(28)16-8-9-20(29-2)26-13-16)14-4-6-15(7-5-14)19-12-17(10-11-25-19)30-22(23)24/h8-15,18,22H,3-7H2,1-2H3,(H,27,28)/t14-,15-,18-/m1/s1. The second-order valence-electron chi connectivity index (χ2n) is 7.48. The maximum atomic E-state index is 12.6. The van der Waals surface area contributed by atoms with Gasteiger partial charge >= 0.3 is 6.61 Å². The molecule has 0 saturated heterocycles. The van der Waals surface area contributed by atoms with E-state index in [1.54, 1.807) is 18.2 Å². The number of carbonyl (C=O) groups is 1. The third-order valence-electron chi connectivity index (χ3n) is 5.70. The Hall–Kier alpha value is -2.77. The molecule has 1 atom stereocenters. The van der Waals surface area contributed by atoms with Crippen molar-refractivity contribution in [2.24, 2.45) is 5.92 Å². The van der Waals surface area contributed by atoms with Crippen LogP contribution >= 0.6 is 0 Å². The van der Waals surface area contributed by atoms with Crippen LogP contribution in [0.3, 0.4) is 0 Å². The largest absolute Gasteiger partial charge is 0.481 e. The molecule has 1 aliphatic carbocycles. The lowest BCUT2D eigenvalue weighted by Gasteiger charge is -2.33. The Kier molecular flexibility index (Phi) is 7.54. The Morgan fingerprint density at radius 3 is 2.57 bits per heavy atom. The number of pyridine rings is 2. The molecule has 0 aromatic carbocycles. The Morgan fingerprint density at radius 2 is 1.97 bits per heavy atom. The molecule has 1 aliphatic rings. The van der Waals surface area contributed by atoms with Gasteiger partial charge in [0.25, 0.3) is 5.91 Å². The van der Waals surface area contributed by atoms with Crippen molar-refractivity contribution in [1.29, 1.82) is 0 Å². The van der Waals surface area contributed by atoms with Crippen LogP contribution in [0, 0.1) is 5.92 Å². The molecule has 2 aromatic rings. The van der Waals surface area contributed by atoms with E-state index >= 15 is 0 Å². The van der Waals surface area contributed by atoms with E-state index in [4.69, 9.17) is 4.74 Å². The SMILES string of the molecule is CC[C@@H](NC(=O)c1ccc(OC)nc1)[C@H]1CC[C@H](c2cc(OC(F)F)ccn2)CC1. The van der Waals surface area contributed by atoms with Crippen molar-refractivity contribution in [1.82, 2.24) is 15.3 Å². The van der Waals surface area contributed by atoms with Gasteiger partial charge in [-0.25, -0.2) is 4.98 Å². The highest BCUT2D eigenvalue weighted by molar-refractivity contribution is 5.94. The predicted molar refractivity (Wildman–Crippen MR) is 108 cm³/mol. The lowest BCUT2D eigenvalue weighted by molar-refractivity contribution is -0.0499. The molecule has 0 aliphatic heterocycles. The summed E-state index contributed by atoms with van der Waals surface area (Å²) < 4.78 is 34.4. The fourth-order valence-electron chi connectivity index (χ4n) is 4.09. The molecule has 8 heteroatoms. The van der Waals surface area contributed by atoms with Gasteiger partial charge in [-0.3, -0.25) is 9.78 Å². The molecule has 30 heavy (non-hydrogen) atoms. The van der Waals surface area contributed by atoms with Crippen LogP contribution in [0.4, 0.5) is 8.78 Å². The third kappa shape index (κ3) is 5.64. The number of ether oxygens (including phenoxy) is 2. The van der Waals surface area contributed by atoms with E-state index < -0.39 is 6.61 Å². The summed E-state index contributed by atoms with van der Waals surface area (Å²) in [6.07, 6.45) is 7.52. The van der Waals surface area contributed by atoms with E-state index in [1.165, 1.54) is 25.6 Å². The summed E-state index contributed by atoms with van der Waals surface area (Å²) in [5, 5.41) is 3.14. The van der Waals surface area contributed by atoms with Gasteiger partial charge in [-0.05, 0) is 50.2 Å². The average Bonchev–Trinajstić information content (AvgIpc) is 2.77. The molecule has 3 rings (SSSR count). The van der Waals surface area contributed by atoms with Crippen LogP contribution in [0.2, 0.25) is 0 Å². The van der Waals surface area contributed by atoms with Crippen LogP contribution in [0.25, 0.3) is 0 Å². The smallest absolute Gasteiger partial charge is 0.387 e. The molecule has 1 saturated carbocycles. The van der Waals surface area contributed by atoms with Crippen molar-refractivity contribution in [2.75, 3.05) is 7.11 Å². The van der Waals surface area contributed by atoms with Gasteiger partial charge in [0.15, 0.2) is 0 Å². The van der Waals surface area contributed by atoms with Crippen LogP contribution in [-0.4, -0.2) is 35.6 Å². The van der Waals surface area contributed by atoms with Crippen molar-refractivity contribution >= 4 is 5.91 Å². The van der Waals surface area contributed by atoms with E-state index in [2.05, 4.69) is 26.9 Å². The first-order valence-electron chi connectivity index (χ1n) is 10.2. The number of alkyl halides is 2. The Labute approximate surface area is 175 Å². The van der Waals surface area contributed by atoms with E-state index in [-0.39, 0.29) is 23.6 Å². The molecule has 2 heterocycles. The molecule has 0 unspecified atom stereocenters. The summed E-state index contributed by atoms with van der Waals surface area (Å²) in [5.41, 5.74) is 1.29. The molecule has 6 nitrogen and oxygen atoms in total. The second kappa shape index (κ2) is 10.3. The quantitative estimate of drug-likeness (QED) is 0.679. The van der Waals surface area contributed by atoms with Crippen molar-refractivity contribution in [3.8, 4) is 11.6 Å². The molecular formula is C22H27F2N3O3. The summed E-state index contributed by atoms with van der Waals surface area (Å²) in [4.78, 5) is 21.0. The number of hydrogen-bond donors (Lipinski definition) is 1. The maximum Gasteiger partial charge on any atom is 0.387 e. The first kappa shape index (κ1) is 21.9. The monoisotopic (exact) mass is 419 g/mol. The normalized spacial score (nSPS) is 19.9. The minimum atomic E-state index is -2.84. The number of methoxy groups -OCH3 is 1. The molecular weight excluding hydrogens is 392 g/mol. The van der Waals surface area contributed by atoms with Gasteiger partial charge in [0.1, 0.15) is 5.75 Å². The zero-order valence-electron chi connectivity index (χ0n) is 17.2. The third-order valence-corrected chi connectivity index (χ3v) is 5.70. The summed E-state index contributed by atoms with van der Waals surface area (Å²) >= 11 is 0. The molecule has 2 aromatic heterocycles. The van der Waals surface area contributed by atoms with Crippen LogP contribution in [0.5, 0.6) is 11.6 Å². The fraction of sp³-hybridized carbons (Fsp3) is 0.500. The highest BCUT2D eigenvalue weighted by atomic mass is 19.3. The number of nitrogens with one attached hydrogen (secondary N) is 1. The first-order valence-corrected chi connectivity index (χ1v) is 10.2. The average molecular weight is 419 g/mol. The molecule has 1 N–H and O–H groups in total. The van der Waals surface area contributed by atoms with Crippen LogP contribution in [0.1, 0.15) is 61.0 Å². The molecule has 1 amide bonds. The molecule has 1 fully saturated rings.